The van der Waals surface area contributed by atoms with Gasteiger partial charge in [-0.2, -0.15) is 0 Å². The molecular weight excluding hydrogens is 241 g/mol. The van der Waals surface area contributed by atoms with Gasteiger partial charge in [0.15, 0.2) is 5.13 Å². The number of nitrogen functional groups attached to an aromatic ring is 1. The first-order valence-corrected chi connectivity index (χ1v) is 4.84. The third kappa shape index (κ3) is 2.35. The van der Waals surface area contributed by atoms with Crippen molar-refractivity contribution in [1.29, 1.82) is 0 Å². The molecule has 74 valence electrons. The van der Waals surface area contributed by atoms with Crippen LogP contribution in [-0.4, -0.2) is 9.97 Å². The second-order valence-corrected chi connectivity index (χ2v) is 3.72. The van der Waals surface area contributed by atoms with Gasteiger partial charge in [-0.05, 0) is 12.1 Å². The minimum atomic E-state index is 0. The Morgan fingerprint density at radius 1 is 1.43 bits per heavy atom. The number of hydrogen-bond donors (Lipinski definition) is 1. The number of anilines is 1. The summed E-state index contributed by atoms with van der Waals surface area (Å²) in [5.74, 6) is 0. The lowest BCUT2D eigenvalue weighted by Gasteiger charge is -1.95. The van der Waals surface area contributed by atoms with Crippen LogP contribution in [-0.2, 0) is 0 Å². The summed E-state index contributed by atoms with van der Waals surface area (Å²) in [5, 5.41) is 2.91. The molecule has 0 amide bonds. The number of rotatable bonds is 1. The molecule has 0 unspecified atom stereocenters. The highest BCUT2D eigenvalue weighted by Gasteiger charge is 2.02. The number of thiazole rings is 1. The molecule has 2 aromatic rings. The van der Waals surface area contributed by atoms with Crippen molar-refractivity contribution >= 4 is 40.5 Å². The van der Waals surface area contributed by atoms with E-state index >= 15 is 0 Å². The van der Waals surface area contributed by atoms with Crippen LogP contribution in [0.5, 0.6) is 0 Å². The molecule has 0 radical (unpaired) electrons. The van der Waals surface area contributed by atoms with Crippen molar-refractivity contribution in [3.63, 3.8) is 0 Å². The Morgan fingerprint density at radius 3 is 2.79 bits per heavy atom. The van der Waals surface area contributed by atoms with Crippen molar-refractivity contribution in [2.75, 3.05) is 5.73 Å². The van der Waals surface area contributed by atoms with Crippen molar-refractivity contribution in [3.8, 4) is 11.3 Å². The summed E-state index contributed by atoms with van der Waals surface area (Å²) < 4.78 is 0. The minimum Gasteiger partial charge on any atom is -0.375 e. The van der Waals surface area contributed by atoms with Crippen molar-refractivity contribution in [2.24, 2.45) is 0 Å². The van der Waals surface area contributed by atoms with Gasteiger partial charge in [0.05, 0.1) is 5.69 Å². The first-order chi connectivity index (χ1) is 6.25. The summed E-state index contributed by atoms with van der Waals surface area (Å²) in [7, 11) is 0. The molecule has 0 aliphatic carbocycles. The molecule has 0 bridgehead atoms. The fraction of sp³-hybridized carbons (Fsp3) is 0. The molecule has 3 nitrogen and oxygen atoms in total. The van der Waals surface area contributed by atoms with E-state index in [1.807, 2.05) is 11.4 Å². The normalized spacial score (nSPS) is 9.50. The Kier molecular flexibility index (Phi) is 3.69. The van der Waals surface area contributed by atoms with Gasteiger partial charge in [-0.3, -0.25) is 0 Å². The van der Waals surface area contributed by atoms with E-state index in [1.54, 1.807) is 12.3 Å². The van der Waals surface area contributed by atoms with Crippen molar-refractivity contribution in [1.82, 2.24) is 9.97 Å². The number of nitrogens with two attached hydrogens (primary N) is 1. The SMILES string of the molecule is Cl.Nc1nc(-c2ccnc(Cl)c2)cs1. The quantitative estimate of drug-likeness (QED) is 0.789. The third-order valence-corrected chi connectivity index (χ3v) is 2.42. The topological polar surface area (TPSA) is 51.8 Å². The van der Waals surface area contributed by atoms with Crippen LogP contribution in [0.2, 0.25) is 5.15 Å². The molecule has 2 heterocycles. The van der Waals surface area contributed by atoms with Crippen LogP contribution in [0.15, 0.2) is 23.7 Å². The zero-order valence-corrected chi connectivity index (χ0v) is 9.36. The molecule has 0 aromatic carbocycles. The molecule has 0 saturated carbocycles. The number of hydrogen-bond acceptors (Lipinski definition) is 4. The van der Waals surface area contributed by atoms with Gasteiger partial charge < -0.3 is 5.73 Å². The number of nitrogens with zero attached hydrogens (tertiary/aromatic N) is 2. The molecule has 0 aliphatic rings. The fourth-order valence-electron chi connectivity index (χ4n) is 0.982. The molecule has 6 heteroatoms. The largest absolute Gasteiger partial charge is 0.375 e. The lowest BCUT2D eigenvalue weighted by atomic mass is 10.2. The molecule has 2 aromatic heterocycles. The van der Waals surface area contributed by atoms with E-state index in [4.69, 9.17) is 17.3 Å². The molecule has 0 aliphatic heterocycles. The lowest BCUT2D eigenvalue weighted by Crippen LogP contribution is -1.83. The van der Waals surface area contributed by atoms with Gasteiger partial charge >= 0.3 is 0 Å². The summed E-state index contributed by atoms with van der Waals surface area (Å²) in [6, 6.07) is 3.61. The summed E-state index contributed by atoms with van der Waals surface area (Å²) in [6.45, 7) is 0. The van der Waals surface area contributed by atoms with Gasteiger partial charge in [0.25, 0.3) is 0 Å². The summed E-state index contributed by atoms with van der Waals surface area (Å²) in [4.78, 5) is 8.01. The minimum absolute atomic E-state index is 0. The number of aromatic nitrogens is 2. The molecule has 14 heavy (non-hydrogen) atoms. The van der Waals surface area contributed by atoms with Crippen LogP contribution in [0.1, 0.15) is 0 Å². The van der Waals surface area contributed by atoms with Gasteiger partial charge in [0, 0.05) is 17.1 Å². The molecule has 0 fully saturated rings. The first-order valence-electron chi connectivity index (χ1n) is 3.58. The molecule has 0 saturated heterocycles. The molecule has 0 spiro atoms. The lowest BCUT2D eigenvalue weighted by molar-refractivity contribution is 1.31. The van der Waals surface area contributed by atoms with Crippen LogP contribution in [0, 0.1) is 0 Å². The van der Waals surface area contributed by atoms with Crippen LogP contribution in [0.4, 0.5) is 5.13 Å². The summed E-state index contributed by atoms with van der Waals surface area (Å²) in [6.07, 6.45) is 1.65. The van der Waals surface area contributed by atoms with Gasteiger partial charge in [0.2, 0.25) is 0 Å². The Hall–Kier alpha value is -0.840. The maximum Gasteiger partial charge on any atom is 0.180 e. The van der Waals surface area contributed by atoms with Crippen molar-refractivity contribution in [3.05, 3.63) is 28.9 Å². The highest BCUT2D eigenvalue weighted by atomic mass is 35.5. The number of halogens is 2. The van der Waals surface area contributed by atoms with Gasteiger partial charge in [-0.25, -0.2) is 9.97 Å². The summed E-state index contributed by atoms with van der Waals surface area (Å²) in [5.41, 5.74) is 7.29. The Morgan fingerprint density at radius 2 is 2.21 bits per heavy atom. The van der Waals surface area contributed by atoms with Crippen LogP contribution in [0.25, 0.3) is 11.3 Å². The van der Waals surface area contributed by atoms with E-state index in [-0.39, 0.29) is 12.4 Å². The van der Waals surface area contributed by atoms with Crippen molar-refractivity contribution < 1.29 is 0 Å². The van der Waals surface area contributed by atoms with Gasteiger partial charge in [-0.15, -0.1) is 23.7 Å². The van der Waals surface area contributed by atoms with Gasteiger partial charge in [-0.1, -0.05) is 11.6 Å². The van der Waals surface area contributed by atoms with Crippen molar-refractivity contribution in [2.45, 2.75) is 0 Å². The van der Waals surface area contributed by atoms with E-state index in [0.717, 1.165) is 11.3 Å². The molecular formula is C8H7Cl2N3S. The average Bonchev–Trinajstić information content (AvgIpc) is 2.52. The summed E-state index contributed by atoms with van der Waals surface area (Å²) >= 11 is 7.14. The van der Waals surface area contributed by atoms with Gasteiger partial charge in [0.1, 0.15) is 5.15 Å². The Bertz CT molecular complexity index is 430. The van der Waals surface area contributed by atoms with Crippen LogP contribution >= 0.6 is 35.3 Å². The second kappa shape index (κ2) is 4.59. The zero-order valence-electron chi connectivity index (χ0n) is 6.98. The monoisotopic (exact) mass is 247 g/mol. The standard InChI is InChI=1S/C8H6ClN3S.ClH/c9-7-3-5(1-2-11-7)6-4-13-8(10)12-6;/h1-4H,(H2,10,12);1H. The zero-order chi connectivity index (χ0) is 9.26. The maximum absolute atomic E-state index is 5.73. The smallest absolute Gasteiger partial charge is 0.180 e. The van der Waals surface area contributed by atoms with E-state index in [0.29, 0.717) is 10.3 Å². The highest BCUT2D eigenvalue weighted by Crippen LogP contribution is 2.23. The first kappa shape index (κ1) is 11.2. The maximum atomic E-state index is 5.73. The Labute approximate surface area is 96.4 Å². The fourth-order valence-corrected chi connectivity index (χ4v) is 1.73. The van der Waals surface area contributed by atoms with Crippen LogP contribution in [0.3, 0.4) is 0 Å². The van der Waals surface area contributed by atoms with Crippen LogP contribution < -0.4 is 5.73 Å². The Balaban J connectivity index is 0.000000980. The van der Waals surface area contributed by atoms with E-state index in [2.05, 4.69) is 9.97 Å². The molecule has 0 atom stereocenters. The van der Waals surface area contributed by atoms with E-state index in [9.17, 15) is 0 Å². The highest BCUT2D eigenvalue weighted by molar-refractivity contribution is 7.13. The average molecular weight is 248 g/mol. The third-order valence-electron chi connectivity index (χ3n) is 1.54. The molecule has 2 N–H and O–H groups in total. The predicted molar refractivity (Wildman–Crippen MR) is 62.0 cm³/mol. The predicted octanol–water partition coefficient (Wildman–Crippen LogP) is 2.86. The number of pyridine rings is 1. The second-order valence-electron chi connectivity index (χ2n) is 2.44. The van der Waals surface area contributed by atoms with E-state index < -0.39 is 0 Å². The molecule has 2 rings (SSSR count). The van der Waals surface area contributed by atoms with E-state index in [1.165, 1.54) is 11.3 Å².